The maximum absolute atomic E-state index is 3.69. The highest BCUT2D eigenvalue weighted by molar-refractivity contribution is 5.54. The first-order valence-electron chi connectivity index (χ1n) is 6.77. The average molecular weight is 232 g/mol. The summed E-state index contributed by atoms with van der Waals surface area (Å²) in [4.78, 5) is 2.50. The first-order chi connectivity index (χ1) is 8.20. The molecule has 0 spiro atoms. The van der Waals surface area contributed by atoms with Gasteiger partial charge in [-0.3, -0.25) is 0 Å². The zero-order valence-corrected chi connectivity index (χ0v) is 11.2. The Balaban J connectivity index is 2.17. The molecule has 1 aliphatic heterocycles. The van der Waals surface area contributed by atoms with E-state index in [1.807, 2.05) is 0 Å². The maximum Gasteiger partial charge on any atom is 0.0412 e. The molecule has 0 amide bonds. The molecule has 0 fully saturated rings. The number of hydrogen-bond donors (Lipinski definition) is 1. The summed E-state index contributed by atoms with van der Waals surface area (Å²) in [5.41, 5.74) is 2.84. The molecule has 1 heterocycles. The Morgan fingerprint density at radius 3 is 2.82 bits per heavy atom. The molecular weight excluding hydrogens is 208 g/mol. The van der Waals surface area contributed by atoms with Crippen LogP contribution in [0.25, 0.3) is 0 Å². The molecule has 0 radical (unpaired) electrons. The molecule has 0 saturated carbocycles. The third-order valence-corrected chi connectivity index (χ3v) is 3.49. The van der Waals surface area contributed by atoms with Crippen molar-refractivity contribution >= 4 is 5.69 Å². The van der Waals surface area contributed by atoms with Gasteiger partial charge in [-0.25, -0.2) is 0 Å². The molecule has 94 valence electrons. The van der Waals surface area contributed by atoms with E-state index in [0.29, 0.717) is 6.04 Å². The minimum absolute atomic E-state index is 0.613. The lowest BCUT2D eigenvalue weighted by molar-refractivity contribution is 0.423. The van der Waals surface area contributed by atoms with Gasteiger partial charge in [-0.2, -0.15) is 0 Å². The Bertz CT molecular complexity index is 360. The molecule has 1 aromatic carbocycles. The molecule has 0 saturated heterocycles. The second kappa shape index (κ2) is 5.54. The number of benzene rings is 1. The van der Waals surface area contributed by atoms with E-state index in [0.717, 1.165) is 25.6 Å². The first kappa shape index (κ1) is 12.4. The Labute approximate surface area is 105 Å². The molecule has 1 N–H and O–H groups in total. The van der Waals surface area contributed by atoms with E-state index in [4.69, 9.17) is 0 Å². The van der Waals surface area contributed by atoms with Gasteiger partial charge < -0.3 is 10.2 Å². The molecule has 1 atom stereocenters. The van der Waals surface area contributed by atoms with E-state index in [1.54, 1.807) is 0 Å². The Hall–Kier alpha value is -1.02. The summed E-state index contributed by atoms with van der Waals surface area (Å²) in [5, 5.41) is 3.69. The van der Waals surface area contributed by atoms with Crippen LogP contribution in [0.3, 0.4) is 0 Å². The maximum atomic E-state index is 3.69. The van der Waals surface area contributed by atoms with Gasteiger partial charge in [0, 0.05) is 31.4 Å². The summed E-state index contributed by atoms with van der Waals surface area (Å²) in [6.07, 6.45) is 1.25. The number of rotatable bonds is 3. The van der Waals surface area contributed by atoms with Crippen LogP contribution < -0.4 is 10.2 Å². The predicted octanol–water partition coefficient (Wildman–Crippen LogP) is 3.03. The number of likely N-dealkylation sites (N-methyl/N-ethyl adjacent to an activating group) is 1. The molecule has 1 unspecified atom stereocenters. The summed E-state index contributed by atoms with van der Waals surface area (Å²) in [6.45, 7) is 10.1. The van der Waals surface area contributed by atoms with E-state index in [2.05, 4.69) is 55.3 Å². The number of nitrogens with zero attached hydrogens (tertiary/aromatic N) is 1. The third kappa shape index (κ3) is 3.01. The van der Waals surface area contributed by atoms with Crippen molar-refractivity contribution in [3.05, 3.63) is 29.8 Å². The van der Waals surface area contributed by atoms with Gasteiger partial charge in [0.15, 0.2) is 0 Å². The molecule has 0 bridgehead atoms. The van der Waals surface area contributed by atoms with E-state index < -0.39 is 0 Å². The predicted molar refractivity (Wildman–Crippen MR) is 74.4 cm³/mol. The monoisotopic (exact) mass is 232 g/mol. The summed E-state index contributed by atoms with van der Waals surface area (Å²) in [5.74, 6) is 0.757. The van der Waals surface area contributed by atoms with Crippen LogP contribution in [0.4, 0.5) is 5.69 Å². The van der Waals surface area contributed by atoms with Gasteiger partial charge in [-0.15, -0.1) is 0 Å². The van der Waals surface area contributed by atoms with Gasteiger partial charge in [0.25, 0.3) is 0 Å². The van der Waals surface area contributed by atoms with Crippen molar-refractivity contribution in [2.45, 2.75) is 39.8 Å². The Morgan fingerprint density at radius 1 is 1.35 bits per heavy atom. The fraction of sp³-hybridized carbons (Fsp3) is 0.600. The third-order valence-electron chi connectivity index (χ3n) is 3.49. The highest BCUT2D eigenvalue weighted by atomic mass is 15.2. The van der Waals surface area contributed by atoms with Crippen molar-refractivity contribution in [1.82, 2.24) is 5.32 Å². The largest absolute Gasteiger partial charge is 0.370 e. The Kier molecular flexibility index (Phi) is 4.06. The quantitative estimate of drug-likeness (QED) is 0.861. The summed E-state index contributed by atoms with van der Waals surface area (Å²) in [6, 6.07) is 9.38. The van der Waals surface area contributed by atoms with Crippen LogP contribution in [-0.2, 0) is 6.54 Å². The Morgan fingerprint density at radius 2 is 2.12 bits per heavy atom. The molecular formula is C15H24N2. The number of hydrogen-bond acceptors (Lipinski definition) is 2. The van der Waals surface area contributed by atoms with Gasteiger partial charge in [0.05, 0.1) is 0 Å². The molecule has 2 nitrogen and oxygen atoms in total. The summed E-state index contributed by atoms with van der Waals surface area (Å²) >= 11 is 0. The summed E-state index contributed by atoms with van der Waals surface area (Å²) < 4.78 is 0. The lowest BCUT2D eigenvalue weighted by Gasteiger charge is -2.27. The van der Waals surface area contributed by atoms with Crippen LogP contribution >= 0.6 is 0 Å². The fourth-order valence-electron chi connectivity index (χ4n) is 2.68. The van der Waals surface area contributed by atoms with Crippen LogP contribution in [-0.4, -0.2) is 19.1 Å². The minimum atomic E-state index is 0.613. The van der Waals surface area contributed by atoms with Crippen LogP contribution in [0.15, 0.2) is 24.3 Å². The molecule has 0 aromatic heterocycles. The zero-order valence-electron chi connectivity index (χ0n) is 11.2. The standard InChI is InChI=1S/C15H24N2/c1-4-17-11-14(9-12(2)3)16-10-13-7-5-6-8-15(13)17/h5-8,12,14,16H,4,9-11H2,1-3H3. The van der Waals surface area contributed by atoms with E-state index in [9.17, 15) is 0 Å². The lowest BCUT2D eigenvalue weighted by atomic mass is 10.0. The highest BCUT2D eigenvalue weighted by Gasteiger charge is 2.20. The summed E-state index contributed by atoms with van der Waals surface area (Å²) in [7, 11) is 0. The zero-order chi connectivity index (χ0) is 12.3. The van der Waals surface area contributed by atoms with Gasteiger partial charge >= 0.3 is 0 Å². The number of anilines is 1. The molecule has 17 heavy (non-hydrogen) atoms. The van der Waals surface area contributed by atoms with Crippen molar-refractivity contribution in [3.8, 4) is 0 Å². The van der Waals surface area contributed by atoms with Gasteiger partial charge in [0.2, 0.25) is 0 Å². The van der Waals surface area contributed by atoms with E-state index >= 15 is 0 Å². The second-order valence-electron chi connectivity index (χ2n) is 5.37. The molecule has 2 rings (SSSR count). The number of nitrogens with one attached hydrogen (secondary N) is 1. The average Bonchev–Trinajstić information content (AvgIpc) is 2.49. The topological polar surface area (TPSA) is 15.3 Å². The minimum Gasteiger partial charge on any atom is -0.370 e. The smallest absolute Gasteiger partial charge is 0.0412 e. The van der Waals surface area contributed by atoms with Crippen LogP contribution in [0.1, 0.15) is 32.8 Å². The van der Waals surface area contributed by atoms with Crippen molar-refractivity contribution in [1.29, 1.82) is 0 Å². The van der Waals surface area contributed by atoms with Crippen molar-refractivity contribution in [3.63, 3.8) is 0 Å². The SMILES string of the molecule is CCN1CC(CC(C)C)NCc2ccccc21. The van der Waals surface area contributed by atoms with Crippen LogP contribution in [0.5, 0.6) is 0 Å². The van der Waals surface area contributed by atoms with E-state index in [-0.39, 0.29) is 0 Å². The molecule has 1 aromatic rings. The van der Waals surface area contributed by atoms with Crippen molar-refractivity contribution in [2.24, 2.45) is 5.92 Å². The number of fused-ring (bicyclic) bond motifs is 1. The fourth-order valence-corrected chi connectivity index (χ4v) is 2.68. The first-order valence-corrected chi connectivity index (χ1v) is 6.77. The van der Waals surface area contributed by atoms with Gasteiger partial charge in [-0.05, 0) is 30.9 Å². The van der Waals surface area contributed by atoms with Crippen LogP contribution in [0, 0.1) is 5.92 Å². The lowest BCUT2D eigenvalue weighted by Crippen LogP contribution is -2.39. The molecule has 0 aliphatic carbocycles. The second-order valence-corrected chi connectivity index (χ2v) is 5.37. The molecule has 2 heteroatoms. The molecule has 1 aliphatic rings. The highest BCUT2D eigenvalue weighted by Crippen LogP contribution is 2.24. The normalized spacial score (nSPS) is 20.2. The number of para-hydroxylation sites is 1. The van der Waals surface area contributed by atoms with Gasteiger partial charge in [-0.1, -0.05) is 32.0 Å². The van der Waals surface area contributed by atoms with E-state index in [1.165, 1.54) is 17.7 Å². The van der Waals surface area contributed by atoms with Crippen molar-refractivity contribution < 1.29 is 0 Å². The van der Waals surface area contributed by atoms with Crippen LogP contribution in [0.2, 0.25) is 0 Å². The van der Waals surface area contributed by atoms with Gasteiger partial charge in [0.1, 0.15) is 0 Å². The van der Waals surface area contributed by atoms with Crippen molar-refractivity contribution in [2.75, 3.05) is 18.0 Å².